The van der Waals surface area contributed by atoms with Crippen LogP contribution >= 0.6 is 0 Å². The molecule has 0 aromatic carbocycles. The first-order valence-electron chi connectivity index (χ1n) is 5.75. The normalized spacial score (nSPS) is 12.1. The summed E-state index contributed by atoms with van der Waals surface area (Å²) in [5.41, 5.74) is 11.9. The van der Waals surface area contributed by atoms with Gasteiger partial charge in [-0.2, -0.15) is 0 Å². The van der Waals surface area contributed by atoms with Crippen molar-refractivity contribution >= 4 is 5.97 Å². The Hall–Kier alpha value is -1.46. The van der Waals surface area contributed by atoms with Crippen LogP contribution in [0.3, 0.4) is 0 Å². The molecule has 1 atom stereocenters. The van der Waals surface area contributed by atoms with E-state index < -0.39 is 6.04 Å². The van der Waals surface area contributed by atoms with E-state index in [1.807, 2.05) is 6.07 Å². The molecule has 1 aromatic heterocycles. The molecule has 5 nitrogen and oxygen atoms in total. The van der Waals surface area contributed by atoms with Crippen LogP contribution in [0, 0.1) is 0 Å². The van der Waals surface area contributed by atoms with Crippen molar-refractivity contribution in [1.82, 2.24) is 4.98 Å². The summed E-state index contributed by atoms with van der Waals surface area (Å²) in [6, 6.07) is 3.09. The lowest BCUT2D eigenvalue weighted by Crippen LogP contribution is -2.32. The molecule has 0 fully saturated rings. The summed E-state index contributed by atoms with van der Waals surface area (Å²) in [4.78, 5) is 15.4. The maximum atomic E-state index is 11.5. The van der Waals surface area contributed by atoms with Crippen molar-refractivity contribution in [3.63, 3.8) is 0 Å². The maximum Gasteiger partial charge on any atom is 0.323 e. The van der Waals surface area contributed by atoms with E-state index in [1.165, 1.54) is 0 Å². The molecule has 0 amide bonds. The zero-order valence-electron chi connectivity index (χ0n) is 9.84. The SMILES string of the molecule is NCCCC[C@H](N)C(=O)OCc1cccnc1. The van der Waals surface area contributed by atoms with Crippen LogP contribution in [0.25, 0.3) is 0 Å². The van der Waals surface area contributed by atoms with E-state index in [0.29, 0.717) is 13.0 Å². The summed E-state index contributed by atoms with van der Waals surface area (Å²) >= 11 is 0. The van der Waals surface area contributed by atoms with Gasteiger partial charge in [0.05, 0.1) is 0 Å². The largest absolute Gasteiger partial charge is 0.460 e. The highest BCUT2D eigenvalue weighted by Gasteiger charge is 2.14. The Morgan fingerprint density at radius 1 is 1.47 bits per heavy atom. The van der Waals surface area contributed by atoms with Crippen LogP contribution in [0.4, 0.5) is 0 Å². The zero-order valence-corrected chi connectivity index (χ0v) is 9.84. The molecule has 0 saturated heterocycles. The fourth-order valence-corrected chi connectivity index (χ4v) is 1.37. The molecule has 1 rings (SSSR count). The van der Waals surface area contributed by atoms with Crippen LogP contribution < -0.4 is 11.5 Å². The lowest BCUT2D eigenvalue weighted by molar-refractivity contribution is -0.146. The van der Waals surface area contributed by atoms with Crippen LogP contribution in [-0.4, -0.2) is 23.5 Å². The van der Waals surface area contributed by atoms with E-state index in [-0.39, 0.29) is 12.6 Å². The number of carbonyl (C=O) groups excluding carboxylic acids is 1. The molecule has 1 aromatic rings. The monoisotopic (exact) mass is 237 g/mol. The summed E-state index contributed by atoms with van der Waals surface area (Å²) in [5.74, 6) is -0.370. The van der Waals surface area contributed by atoms with Gasteiger partial charge in [-0.3, -0.25) is 9.78 Å². The smallest absolute Gasteiger partial charge is 0.323 e. The van der Waals surface area contributed by atoms with Gasteiger partial charge in [-0.25, -0.2) is 0 Å². The number of hydrogen-bond acceptors (Lipinski definition) is 5. The Morgan fingerprint density at radius 2 is 2.29 bits per heavy atom. The number of esters is 1. The van der Waals surface area contributed by atoms with Gasteiger partial charge < -0.3 is 16.2 Å². The summed E-state index contributed by atoms with van der Waals surface area (Å²) in [7, 11) is 0. The molecular weight excluding hydrogens is 218 g/mol. The average molecular weight is 237 g/mol. The summed E-state index contributed by atoms with van der Waals surface area (Å²) in [6.07, 6.45) is 5.67. The number of nitrogens with zero attached hydrogens (tertiary/aromatic N) is 1. The minimum atomic E-state index is -0.557. The molecule has 0 aliphatic carbocycles. The van der Waals surface area contributed by atoms with Gasteiger partial charge in [-0.05, 0) is 25.5 Å². The van der Waals surface area contributed by atoms with Crippen molar-refractivity contribution in [2.45, 2.75) is 31.9 Å². The van der Waals surface area contributed by atoms with E-state index in [9.17, 15) is 4.79 Å². The maximum absolute atomic E-state index is 11.5. The predicted octanol–water partition coefficient (Wildman–Crippen LogP) is 0.581. The average Bonchev–Trinajstić information content (AvgIpc) is 2.37. The fourth-order valence-electron chi connectivity index (χ4n) is 1.37. The molecule has 0 unspecified atom stereocenters. The standard InChI is InChI=1S/C12H19N3O2/c13-6-2-1-5-11(14)12(16)17-9-10-4-3-7-15-8-10/h3-4,7-8,11H,1-2,5-6,9,13-14H2/t11-/m0/s1. The molecule has 0 spiro atoms. The predicted molar refractivity (Wildman–Crippen MR) is 64.9 cm³/mol. The van der Waals surface area contributed by atoms with Crippen molar-refractivity contribution in [3.8, 4) is 0 Å². The second-order valence-electron chi connectivity index (χ2n) is 3.86. The van der Waals surface area contributed by atoms with Crippen molar-refractivity contribution < 1.29 is 9.53 Å². The molecule has 0 radical (unpaired) electrons. The molecule has 4 N–H and O–H groups in total. The number of unbranched alkanes of at least 4 members (excludes halogenated alkanes) is 1. The highest BCUT2D eigenvalue weighted by molar-refractivity contribution is 5.75. The first-order valence-corrected chi connectivity index (χ1v) is 5.75. The van der Waals surface area contributed by atoms with E-state index >= 15 is 0 Å². The van der Waals surface area contributed by atoms with Crippen LogP contribution in [0.5, 0.6) is 0 Å². The second-order valence-corrected chi connectivity index (χ2v) is 3.86. The Labute approximate surface area is 101 Å². The highest BCUT2D eigenvalue weighted by atomic mass is 16.5. The van der Waals surface area contributed by atoms with Crippen molar-refractivity contribution in [1.29, 1.82) is 0 Å². The van der Waals surface area contributed by atoms with Gasteiger partial charge in [0.2, 0.25) is 0 Å². The van der Waals surface area contributed by atoms with Gasteiger partial charge in [0, 0.05) is 18.0 Å². The van der Waals surface area contributed by atoms with Gasteiger partial charge in [0.25, 0.3) is 0 Å². The molecule has 17 heavy (non-hydrogen) atoms. The quantitative estimate of drug-likeness (QED) is 0.534. The number of hydrogen-bond donors (Lipinski definition) is 2. The molecule has 5 heteroatoms. The Morgan fingerprint density at radius 3 is 2.94 bits per heavy atom. The van der Waals surface area contributed by atoms with E-state index in [4.69, 9.17) is 16.2 Å². The Kier molecular flexibility index (Phi) is 6.21. The van der Waals surface area contributed by atoms with Gasteiger partial charge in [-0.15, -0.1) is 0 Å². The van der Waals surface area contributed by atoms with Crippen LogP contribution in [-0.2, 0) is 16.1 Å². The Bertz CT molecular complexity index is 330. The molecule has 0 aliphatic heterocycles. The van der Waals surface area contributed by atoms with Crippen LogP contribution in [0.2, 0.25) is 0 Å². The third kappa shape index (κ3) is 5.42. The van der Waals surface area contributed by atoms with E-state index in [1.54, 1.807) is 18.5 Å². The fraction of sp³-hybridized carbons (Fsp3) is 0.500. The summed E-state index contributed by atoms with van der Waals surface area (Å²) in [6.45, 7) is 0.842. The molecule has 0 saturated carbocycles. The zero-order chi connectivity index (χ0) is 12.5. The number of aromatic nitrogens is 1. The van der Waals surface area contributed by atoms with Crippen molar-refractivity contribution in [3.05, 3.63) is 30.1 Å². The minimum absolute atomic E-state index is 0.220. The number of ether oxygens (including phenoxy) is 1. The number of rotatable bonds is 7. The number of carbonyl (C=O) groups is 1. The molecule has 0 aliphatic rings. The topological polar surface area (TPSA) is 91.2 Å². The number of pyridine rings is 1. The number of nitrogens with two attached hydrogens (primary N) is 2. The van der Waals surface area contributed by atoms with Crippen molar-refractivity contribution in [2.75, 3.05) is 6.54 Å². The van der Waals surface area contributed by atoms with E-state index in [0.717, 1.165) is 18.4 Å². The molecule has 0 bridgehead atoms. The van der Waals surface area contributed by atoms with Crippen LogP contribution in [0.1, 0.15) is 24.8 Å². The highest BCUT2D eigenvalue weighted by Crippen LogP contribution is 2.03. The van der Waals surface area contributed by atoms with Gasteiger partial charge in [0.15, 0.2) is 0 Å². The first-order chi connectivity index (χ1) is 8.24. The van der Waals surface area contributed by atoms with Gasteiger partial charge in [0.1, 0.15) is 12.6 Å². The van der Waals surface area contributed by atoms with Crippen LogP contribution in [0.15, 0.2) is 24.5 Å². The lowest BCUT2D eigenvalue weighted by Gasteiger charge is -2.10. The van der Waals surface area contributed by atoms with E-state index in [2.05, 4.69) is 4.98 Å². The minimum Gasteiger partial charge on any atom is -0.460 e. The summed E-state index contributed by atoms with van der Waals surface area (Å²) in [5, 5.41) is 0. The van der Waals surface area contributed by atoms with Gasteiger partial charge >= 0.3 is 5.97 Å². The second kappa shape index (κ2) is 7.76. The molecular formula is C12H19N3O2. The molecule has 1 heterocycles. The first kappa shape index (κ1) is 13.6. The molecule has 94 valence electrons. The van der Waals surface area contributed by atoms with Crippen molar-refractivity contribution in [2.24, 2.45) is 11.5 Å². The third-order valence-corrected chi connectivity index (χ3v) is 2.38. The Balaban J connectivity index is 2.24. The summed E-state index contributed by atoms with van der Waals surface area (Å²) < 4.78 is 5.09. The lowest BCUT2D eigenvalue weighted by atomic mass is 10.1. The van der Waals surface area contributed by atoms with Gasteiger partial charge in [-0.1, -0.05) is 12.5 Å². The third-order valence-electron chi connectivity index (χ3n) is 2.38.